The van der Waals surface area contributed by atoms with Crippen LogP contribution >= 0.6 is 27.7 Å². The number of carbonyl (C=O) groups is 2. The van der Waals surface area contributed by atoms with Gasteiger partial charge in [-0.05, 0) is 66.9 Å². The molecule has 1 heterocycles. The van der Waals surface area contributed by atoms with Gasteiger partial charge >= 0.3 is 0 Å². The first-order valence-corrected chi connectivity index (χ1v) is 12.6. The third kappa shape index (κ3) is 6.55. The van der Waals surface area contributed by atoms with Gasteiger partial charge in [-0.3, -0.25) is 14.5 Å². The van der Waals surface area contributed by atoms with Crippen LogP contribution in [0.1, 0.15) is 18.4 Å². The second-order valence-electron chi connectivity index (χ2n) is 7.81. The van der Waals surface area contributed by atoms with Crippen molar-refractivity contribution in [1.29, 1.82) is 0 Å². The summed E-state index contributed by atoms with van der Waals surface area (Å²) in [6.07, 6.45) is 1.67. The lowest BCUT2D eigenvalue weighted by Gasteiger charge is -2.32. The molecule has 1 aliphatic heterocycles. The van der Waals surface area contributed by atoms with Gasteiger partial charge in [0.15, 0.2) is 5.17 Å². The maximum absolute atomic E-state index is 13.4. The molecule has 4 rings (SSSR count). The Morgan fingerprint density at radius 2 is 1.76 bits per heavy atom. The second kappa shape index (κ2) is 11.4. The maximum atomic E-state index is 13.4. The fourth-order valence-corrected chi connectivity index (χ4v) is 4.92. The van der Waals surface area contributed by atoms with E-state index in [2.05, 4.69) is 38.4 Å². The zero-order valence-electron chi connectivity index (χ0n) is 18.3. The van der Waals surface area contributed by atoms with Gasteiger partial charge in [0.25, 0.3) is 0 Å². The molecule has 1 aliphatic rings. The van der Waals surface area contributed by atoms with Crippen molar-refractivity contribution < 1.29 is 14.0 Å². The molecule has 8 heteroatoms. The Morgan fingerprint density at radius 3 is 2.47 bits per heavy atom. The highest BCUT2D eigenvalue weighted by atomic mass is 79.9. The molecule has 1 fully saturated rings. The van der Waals surface area contributed by atoms with Gasteiger partial charge in [-0.25, -0.2) is 9.38 Å². The zero-order chi connectivity index (χ0) is 23.9. The Labute approximate surface area is 210 Å². The van der Waals surface area contributed by atoms with Crippen LogP contribution in [0.5, 0.6) is 0 Å². The van der Waals surface area contributed by atoms with Crippen molar-refractivity contribution >= 4 is 56.0 Å². The minimum Gasteiger partial charge on any atom is -0.325 e. The minimum atomic E-state index is -0.610. The molecule has 34 heavy (non-hydrogen) atoms. The average Bonchev–Trinajstić information content (AvgIpc) is 2.84. The summed E-state index contributed by atoms with van der Waals surface area (Å²) in [4.78, 5) is 32.3. The van der Waals surface area contributed by atoms with E-state index in [9.17, 15) is 14.0 Å². The van der Waals surface area contributed by atoms with Gasteiger partial charge < -0.3 is 5.32 Å². The number of hydrogen-bond donors (Lipinski definition) is 1. The molecule has 0 aromatic heterocycles. The van der Waals surface area contributed by atoms with Crippen LogP contribution in [0, 0.1) is 5.82 Å². The number of hydrogen-bond acceptors (Lipinski definition) is 4. The Hall–Kier alpha value is -2.97. The van der Waals surface area contributed by atoms with Crippen LogP contribution in [0.2, 0.25) is 0 Å². The fraction of sp³-hybridized carbons (Fsp3) is 0.192. The molecule has 1 unspecified atom stereocenters. The minimum absolute atomic E-state index is 0.0841. The number of nitrogens with one attached hydrogen (secondary N) is 1. The molecule has 3 aromatic carbocycles. The summed E-state index contributed by atoms with van der Waals surface area (Å²) in [5.74, 6) is -0.761. The van der Waals surface area contributed by atoms with Gasteiger partial charge in [0.2, 0.25) is 11.8 Å². The predicted octanol–water partition coefficient (Wildman–Crippen LogP) is 6.18. The van der Waals surface area contributed by atoms with E-state index in [1.54, 1.807) is 29.2 Å². The molecule has 0 saturated carbocycles. The number of anilines is 1. The number of halogens is 2. The molecule has 5 nitrogen and oxygen atoms in total. The number of nitrogens with zero attached hydrogens (tertiary/aromatic N) is 2. The standard InChI is InChI=1S/C26H23BrFN3O2S/c27-19-8-12-21(13-9-19)29-25(33)23-17-24(32)31(16-4-7-18-5-2-1-3-6-18)26(34-23)30-22-14-10-20(28)11-15-22/h1-3,5-6,8-15,23H,4,7,16-17H2,(H,29,33). The number of thioether (sulfide) groups is 1. The number of amidine groups is 1. The lowest BCUT2D eigenvalue weighted by Crippen LogP contribution is -2.45. The Kier molecular flexibility index (Phi) is 8.13. The van der Waals surface area contributed by atoms with Gasteiger partial charge in [-0.2, -0.15) is 0 Å². The molecule has 3 aromatic rings. The van der Waals surface area contributed by atoms with Crippen LogP contribution in [0.3, 0.4) is 0 Å². The van der Waals surface area contributed by atoms with Crippen molar-refractivity contribution in [3.63, 3.8) is 0 Å². The first kappa shape index (κ1) is 24.2. The van der Waals surface area contributed by atoms with E-state index in [1.807, 2.05) is 30.3 Å². The van der Waals surface area contributed by atoms with Crippen LogP contribution in [0.25, 0.3) is 0 Å². The maximum Gasteiger partial charge on any atom is 0.238 e. The SMILES string of the molecule is O=C(Nc1ccc(Br)cc1)C1CC(=O)N(CCCc2ccccc2)C(=Nc2ccc(F)cc2)S1. The largest absolute Gasteiger partial charge is 0.325 e. The molecule has 0 bridgehead atoms. The summed E-state index contributed by atoms with van der Waals surface area (Å²) in [7, 11) is 0. The Bertz CT molecular complexity index is 1170. The summed E-state index contributed by atoms with van der Waals surface area (Å²) in [6.45, 7) is 0.488. The molecular formula is C26H23BrFN3O2S. The van der Waals surface area contributed by atoms with E-state index >= 15 is 0 Å². The number of aliphatic imine (C=N–C) groups is 1. The van der Waals surface area contributed by atoms with Crippen LogP contribution < -0.4 is 5.32 Å². The Balaban J connectivity index is 1.50. The van der Waals surface area contributed by atoms with E-state index in [0.717, 1.165) is 17.3 Å². The molecular weight excluding hydrogens is 517 g/mol. The van der Waals surface area contributed by atoms with Gasteiger partial charge in [-0.1, -0.05) is 58.0 Å². The lowest BCUT2D eigenvalue weighted by atomic mass is 10.1. The highest BCUT2D eigenvalue weighted by Crippen LogP contribution is 2.30. The normalized spacial score (nSPS) is 17.1. The molecule has 2 amide bonds. The molecule has 1 atom stereocenters. The first-order valence-electron chi connectivity index (χ1n) is 10.9. The molecule has 0 radical (unpaired) electrons. The second-order valence-corrected chi connectivity index (χ2v) is 9.90. The van der Waals surface area contributed by atoms with Gasteiger partial charge in [-0.15, -0.1) is 0 Å². The highest BCUT2D eigenvalue weighted by molar-refractivity contribution is 9.10. The average molecular weight is 540 g/mol. The van der Waals surface area contributed by atoms with E-state index < -0.39 is 5.25 Å². The Morgan fingerprint density at radius 1 is 1.06 bits per heavy atom. The van der Waals surface area contributed by atoms with E-state index in [0.29, 0.717) is 23.1 Å². The van der Waals surface area contributed by atoms with Crippen LogP contribution in [-0.4, -0.2) is 33.7 Å². The number of carbonyl (C=O) groups excluding carboxylic acids is 2. The van der Waals surface area contributed by atoms with Crippen molar-refractivity contribution in [1.82, 2.24) is 4.90 Å². The summed E-state index contributed by atoms with van der Waals surface area (Å²) >= 11 is 4.63. The molecule has 0 spiro atoms. The van der Waals surface area contributed by atoms with E-state index in [4.69, 9.17) is 0 Å². The topological polar surface area (TPSA) is 61.8 Å². The predicted molar refractivity (Wildman–Crippen MR) is 139 cm³/mol. The van der Waals surface area contributed by atoms with Crippen LogP contribution in [0.15, 0.2) is 88.3 Å². The van der Waals surface area contributed by atoms with Gasteiger partial charge in [0.05, 0.1) is 5.69 Å². The first-order chi connectivity index (χ1) is 16.5. The summed E-state index contributed by atoms with van der Waals surface area (Å²) in [6, 6.07) is 23.1. The fourth-order valence-electron chi connectivity index (χ4n) is 3.53. The molecule has 1 N–H and O–H groups in total. The molecule has 0 aliphatic carbocycles. The van der Waals surface area contributed by atoms with Crippen molar-refractivity contribution in [2.75, 3.05) is 11.9 Å². The summed E-state index contributed by atoms with van der Waals surface area (Å²) in [5.41, 5.74) is 2.38. The smallest absolute Gasteiger partial charge is 0.238 e. The monoisotopic (exact) mass is 539 g/mol. The van der Waals surface area contributed by atoms with Crippen molar-refractivity contribution in [3.05, 3.63) is 94.7 Å². The third-order valence-corrected chi connectivity index (χ3v) is 7.00. The summed E-state index contributed by atoms with van der Waals surface area (Å²) in [5, 5.41) is 2.72. The van der Waals surface area contributed by atoms with Gasteiger partial charge in [0.1, 0.15) is 11.1 Å². The van der Waals surface area contributed by atoms with Crippen LogP contribution in [-0.2, 0) is 16.0 Å². The van der Waals surface area contributed by atoms with Crippen molar-refractivity contribution in [3.8, 4) is 0 Å². The number of aryl methyl sites for hydroxylation is 1. The zero-order valence-corrected chi connectivity index (χ0v) is 20.7. The number of benzene rings is 3. The molecule has 174 valence electrons. The van der Waals surface area contributed by atoms with E-state index in [-0.39, 0.29) is 24.1 Å². The van der Waals surface area contributed by atoms with Crippen molar-refractivity contribution in [2.45, 2.75) is 24.5 Å². The number of amides is 2. The van der Waals surface area contributed by atoms with Crippen molar-refractivity contribution in [2.24, 2.45) is 4.99 Å². The highest BCUT2D eigenvalue weighted by Gasteiger charge is 2.35. The van der Waals surface area contributed by atoms with E-state index in [1.165, 1.54) is 29.5 Å². The van der Waals surface area contributed by atoms with Crippen LogP contribution in [0.4, 0.5) is 15.8 Å². The quantitative estimate of drug-likeness (QED) is 0.389. The third-order valence-electron chi connectivity index (χ3n) is 5.29. The summed E-state index contributed by atoms with van der Waals surface area (Å²) < 4.78 is 14.3. The van der Waals surface area contributed by atoms with Gasteiger partial charge in [0, 0.05) is 23.1 Å². The number of rotatable bonds is 7. The molecule has 1 saturated heterocycles. The lowest BCUT2D eigenvalue weighted by molar-refractivity contribution is -0.129.